The number of carbonyl (C=O) groups is 2. The van der Waals surface area contributed by atoms with Gasteiger partial charge < -0.3 is 25.6 Å². The van der Waals surface area contributed by atoms with E-state index in [0.717, 1.165) is 12.8 Å². The summed E-state index contributed by atoms with van der Waals surface area (Å²) in [6.07, 6.45) is 7.12. The van der Waals surface area contributed by atoms with Crippen molar-refractivity contribution in [1.82, 2.24) is 15.5 Å². The van der Waals surface area contributed by atoms with E-state index in [1.54, 1.807) is 11.8 Å². The third kappa shape index (κ3) is 6.24. The van der Waals surface area contributed by atoms with Crippen molar-refractivity contribution in [3.05, 3.63) is 24.0 Å². The Morgan fingerprint density at radius 3 is 2.38 bits per heavy atom. The summed E-state index contributed by atoms with van der Waals surface area (Å²) in [6.45, 7) is 3.28. The van der Waals surface area contributed by atoms with Crippen LogP contribution in [0.5, 0.6) is 5.75 Å². The Kier molecular flexibility index (Phi) is 7.55. The molecule has 1 aliphatic carbocycles. The van der Waals surface area contributed by atoms with Gasteiger partial charge in [0.2, 0.25) is 0 Å². The third-order valence-electron chi connectivity index (χ3n) is 5.54. The van der Waals surface area contributed by atoms with Gasteiger partial charge in [-0.15, -0.1) is 0 Å². The first-order valence-corrected chi connectivity index (χ1v) is 10.6. The Morgan fingerprint density at radius 2 is 1.72 bits per heavy atom. The van der Waals surface area contributed by atoms with Crippen LogP contribution >= 0.6 is 0 Å². The molecular formula is C21H31FN4O3. The lowest BCUT2D eigenvalue weighted by molar-refractivity contribution is 0.186. The summed E-state index contributed by atoms with van der Waals surface area (Å²) in [5.74, 6) is -0.0957. The maximum Gasteiger partial charge on any atom is 0.321 e. The molecule has 3 rings (SSSR count). The predicted octanol–water partition coefficient (Wildman–Crippen LogP) is 3.85. The SMILES string of the molecule is CCOc1cc(F)ccc1NC(=O)N1CCC(NC(=O)NC2CCCCC2)CC1. The molecule has 160 valence electrons. The van der Waals surface area contributed by atoms with E-state index in [-0.39, 0.29) is 24.1 Å². The van der Waals surface area contributed by atoms with Gasteiger partial charge in [-0.25, -0.2) is 14.0 Å². The van der Waals surface area contributed by atoms with Gasteiger partial charge in [-0.05, 0) is 44.7 Å². The summed E-state index contributed by atoms with van der Waals surface area (Å²) in [4.78, 5) is 26.5. The monoisotopic (exact) mass is 406 g/mol. The van der Waals surface area contributed by atoms with Crippen LogP contribution in [0, 0.1) is 5.82 Å². The lowest BCUT2D eigenvalue weighted by Crippen LogP contribution is -2.51. The largest absolute Gasteiger partial charge is 0.492 e. The van der Waals surface area contributed by atoms with Crippen LogP contribution < -0.4 is 20.7 Å². The van der Waals surface area contributed by atoms with Crippen molar-refractivity contribution in [3.8, 4) is 5.75 Å². The number of benzene rings is 1. The number of amides is 4. The van der Waals surface area contributed by atoms with Gasteiger partial charge >= 0.3 is 12.1 Å². The molecule has 4 amide bonds. The number of piperidine rings is 1. The van der Waals surface area contributed by atoms with Crippen molar-refractivity contribution in [1.29, 1.82) is 0 Å². The molecule has 8 heteroatoms. The minimum absolute atomic E-state index is 0.0625. The second-order valence-corrected chi connectivity index (χ2v) is 7.72. The second-order valence-electron chi connectivity index (χ2n) is 7.72. The fraction of sp³-hybridized carbons (Fsp3) is 0.619. The van der Waals surface area contributed by atoms with E-state index >= 15 is 0 Å². The molecule has 1 heterocycles. The summed E-state index contributed by atoms with van der Waals surface area (Å²) < 4.78 is 18.8. The number of ether oxygens (including phenoxy) is 1. The van der Waals surface area contributed by atoms with Gasteiger partial charge in [-0.1, -0.05) is 19.3 Å². The average Bonchev–Trinajstić information content (AvgIpc) is 2.71. The zero-order valence-electron chi connectivity index (χ0n) is 17.0. The minimum atomic E-state index is -0.412. The van der Waals surface area contributed by atoms with Crippen LogP contribution in [0.25, 0.3) is 0 Å². The number of carbonyl (C=O) groups excluding carboxylic acids is 2. The standard InChI is InChI=1S/C21H31FN4O3/c1-2-29-19-14-15(22)8-9-18(19)25-21(28)26-12-10-17(11-13-26)24-20(27)23-16-6-4-3-5-7-16/h8-9,14,16-17H,2-7,10-13H2,1H3,(H,25,28)(H2,23,24,27). The first-order valence-electron chi connectivity index (χ1n) is 10.6. The van der Waals surface area contributed by atoms with Crippen LogP contribution in [0.4, 0.5) is 19.7 Å². The summed E-state index contributed by atoms with van der Waals surface area (Å²) in [6, 6.07) is 4.05. The highest BCUT2D eigenvalue weighted by Crippen LogP contribution is 2.26. The van der Waals surface area contributed by atoms with Crippen molar-refractivity contribution in [2.24, 2.45) is 0 Å². The first kappa shape index (κ1) is 21.2. The molecule has 0 bridgehead atoms. The zero-order chi connectivity index (χ0) is 20.6. The molecule has 2 fully saturated rings. The number of nitrogens with zero attached hydrogens (tertiary/aromatic N) is 1. The summed E-state index contributed by atoms with van der Waals surface area (Å²) >= 11 is 0. The van der Waals surface area contributed by atoms with E-state index in [0.29, 0.717) is 44.0 Å². The van der Waals surface area contributed by atoms with Crippen molar-refractivity contribution >= 4 is 17.7 Å². The molecule has 0 unspecified atom stereocenters. The van der Waals surface area contributed by atoms with Gasteiger partial charge in [-0.3, -0.25) is 0 Å². The molecule has 1 saturated heterocycles. The van der Waals surface area contributed by atoms with Crippen molar-refractivity contribution < 1.29 is 18.7 Å². The maximum atomic E-state index is 13.4. The Bertz CT molecular complexity index is 701. The molecule has 0 atom stereocenters. The fourth-order valence-corrected chi connectivity index (χ4v) is 3.95. The maximum absolute atomic E-state index is 13.4. The van der Waals surface area contributed by atoms with Gasteiger partial charge in [0.05, 0.1) is 12.3 Å². The summed E-state index contributed by atoms with van der Waals surface area (Å²) in [5, 5.41) is 8.90. The third-order valence-corrected chi connectivity index (χ3v) is 5.54. The molecule has 1 aromatic carbocycles. The molecule has 0 aromatic heterocycles. The quantitative estimate of drug-likeness (QED) is 0.695. The smallest absolute Gasteiger partial charge is 0.321 e. The lowest BCUT2D eigenvalue weighted by atomic mass is 9.96. The van der Waals surface area contributed by atoms with Crippen molar-refractivity contribution in [2.45, 2.75) is 64.0 Å². The molecule has 0 spiro atoms. The summed E-state index contributed by atoms with van der Waals surface area (Å²) in [7, 11) is 0. The van der Waals surface area contributed by atoms with Crippen molar-refractivity contribution in [2.75, 3.05) is 25.0 Å². The molecule has 7 nitrogen and oxygen atoms in total. The molecule has 1 aliphatic heterocycles. The Morgan fingerprint density at radius 1 is 1.07 bits per heavy atom. The van der Waals surface area contributed by atoms with Crippen LogP contribution in [0.2, 0.25) is 0 Å². The Hall–Kier alpha value is -2.51. The molecule has 1 aromatic rings. The Labute approximate surface area is 171 Å². The molecule has 2 aliphatic rings. The van der Waals surface area contributed by atoms with E-state index in [4.69, 9.17) is 4.74 Å². The summed E-state index contributed by atoms with van der Waals surface area (Å²) in [5.41, 5.74) is 0.449. The van der Waals surface area contributed by atoms with E-state index in [1.165, 1.54) is 37.5 Å². The van der Waals surface area contributed by atoms with Gasteiger partial charge in [0.25, 0.3) is 0 Å². The predicted molar refractivity (Wildman–Crippen MR) is 110 cm³/mol. The number of hydrogen-bond donors (Lipinski definition) is 3. The normalized spacial score (nSPS) is 18.2. The highest BCUT2D eigenvalue weighted by atomic mass is 19.1. The fourth-order valence-electron chi connectivity index (χ4n) is 3.95. The van der Waals surface area contributed by atoms with Gasteiger partial charge in [0.1, 0.15) is 11.6 Å². The topological polar surface area (TPSA) is 82.7 Å². The number of hydrogen-bond acceptors (Lipinski definition) is 3. The van der Waals surface area contributed by atoms with Crippen LogP contribution in [0.3, 0.4) is 0 Å². The molecular weight excluding hydrogens is 375 g/mol. The number of urea groups is 2. The molecule has 29 heavy (non-hydrogen) atoms. The highest BCUT2D eigenvalue weighted by molar-refractivity contribution is 5.91. The highest BCUT2D eigenvalue weighted by Gasteiger charge is 2.25. The van der Waals surface area contributed by atoms with E-state index in [9.17, 15) is 14.0 Å². The van der Waals surface area contributed by atoms with Crippen LogP contribution in [-0.4, -0.2) is 48.7 Å². The van der Waals surface area contributed by atoms with E-state index in [2.05, 4.69) is 16.0 Å². The van der Waals surface area contributed by atoms with Gasteiger partial charge in [-0.2, -0.15) is 0 Å². The molecule has 3 N–H and O–H groups in total. The second kappa shape index (κ2) is 10.3. The first-order chi connectivity index (χ1) is 14.0. The molecule has 1 saturated carbocycles. The molecule has 0 radical (unpaired) electrons. The Balaban J connectivity index is 1.44. The number of anilines is 1. The van der Waals surface area contributed by atoms with Crippen LogP contribution in [0.15, 0.2) is 18.2 Å². The van der Waals surface area contributed by atoms with E-state index < -0.39 is 5.82 Å². The van der Waals surface area contributed by atoms with Crippen molar-refractivity contribution in [3.63, 3.8) is 0 Å². The number of nitrogens with one attached hydrogen (secondary N) is 3. The minimum Gasteiger partial charge on any atom is -0.492 e. The van der Waals surface area contributed by atoms with E-state index in [1.807, 2.05) is 0 Å². The van der Waals surface area contributed by atoms with Gasteiger partial charge in [0.15, 0.2) is 0 Å². The number of rotatable bonds is 5. The zero-order valence-corrected chi connectivity index (χ0v) is 17.0. The number of halogens is 1. The van der Waals surface area contributed by atoms with Crippen LogP contribution in [-0.2, 0) is 0 Å². The van der Waals surface area contributed by atoms with Crippen LogP contribution in [0.1, 0.15) is 51.9 Å². The average molecular weight is 407 g/mol. The number of likely N-dealkylation sites (tertiary alicyclic amines) is 1. The van der Waals surface area contributed by atoms with Gasteiger partial charge in [0, 0.05) is 31.2 Å². The lowest BCUT2D eigenvalue weighted by Gasteiger charge is -2.33.